The average Bonchev–Trinajstić information content (AvgIpc) is 2.70. The van der Waals surface area contributed by atoms with Gasteiger partial charge in [0.2, 0.25) is 6.29 Å². The molecule has 0 unspecified atom stereocenters. The SMILES string of the molecule is CCCCCC1COC(C#Cc2cnc(-c3ccc(F)c(F)c3)nc2)OC1. The van der Waals surface area contributed by atoms with E-state index in [1.54, 1.807) is 0 Å². The zero-order valence-electron chi connectivity index (χ0n) is 15.3. The molecule has 0 saturated carbocycles. The highest BCUT2D eigenvalue weighted by Gasteiger charge is 2.20. The van der Waals surface area contributed by atoms with Crippen LogP contribution in [0.4, 0.5) is 8.78 Å². The van der Waals surface area contributed by atoms with Crippen LogP contribution >= 0.6 is 0 Å². The van der Waals surface area contributed by atoms with E-state index in [9.17, 15) is 8.78 Å². The summed E-state index contributed by atoms with van der Waals surface area (Å²) in [5.74, 6) is 4.75. The molecule has 1 aliphatic rings. The molecule has 1 aromatic heterocycles. The Labute approximate surface area is 157 Å². The topological polar surface area (TPSA) is 44.2 Å². The van der Waals surface area contributed by atoms with Crippen molar-refractivity contribution in [1.29, 1.82) is 0 Å². The molecule has 4 nitrogen and oxygen atoms in total. The fraction of sp³-hybridized carbons (Fsp3) is 0.429. The Bertz CT molecular complexity index is 807. The van der Waals surface area contributed by atoms with E-state index >= 15 is 0 Å². The smallest absolute Gasteiger partial charge is 0.222 e. The summed E-state index contributed by atoms with van der Waals surface area (Å²) in [4.78, 5) is 8.31. The summed E-state index contributed by atoms with van der Waals surface area (Å²) in [6.45, 7) is 3.51. The Kier molecular flexibility index (Phi) is 6.86. The number of hydrogen-bond donors (Lipinski definition) is 0. The molecule has 3 rings (SSSR count). The number of unbranched alkanes of at least 4 members (excludes halogenated alkanes) is 2. The van der Waals surface area contributed by atoms with E-state index in [-0.39, 0.29) is 0 Å². The van der Waals surface area contributed by atoms with Gasteiger partial charge in [-0.1, -0.05) is 32.1 Å². The van der Waals surface area contributed by atoms with Crippen LogP contribution in [-0.2, 0) is 9.47 Å². The highest BCUT2D eigenvalue weighted by molar-refractivity contribution is 5.55. The number of nitrogens with zero attached hydrogens (tertiary/aromatic N) is 2. The van der Waals surface area contributed by atoms with Crippen molar-refractivity contribution >= 4 is 0 Å². The molecule has 0 spiro atoms. The third-order valence-corrected chi connectivity index (χ3v) is 4.35. The van der Waals surface area contributed by atoms with E-state index < -0.39 is 17.9 Å². The van der Waals surface area contributed by atoms with Crippen LogP contribution in [0.3, 0.4) is 0 Å². The van der Waals surface area contributed by atoms with Crippen LogP contribution in [0, 0.1) is 29.4 Å². The Morgan fingerprint density at radius 1 is 1.07 bits per heavy atom. The largest absolute Gasteiger partial charge is 0.342 e. The van der Waals surface area contributed by atoms with Gasteiger partial charge in [0.05, 0.1) is 18.8 Å². The molecule has 0 radical (unpaired) electrons. The van der Waals surface area contributed by atoms with Crippen molar-refractivity contribution in [2.24, 2.45) is 5.92 Å². The van der Waals surface area contributed by atoms with Crippen molar-refractivity contribution < 1.29 is 18.3 Å². The predicted molar refractivity (Wildman–Crippen MR) is 97.6 cm³/mol. The van der Waals surface area contributed by atoms with Gasteiger partial charge in [0.25, 0.3) is 0 Å². The van der Waals surface area contributed by atoms with Crippen molar-refractivity contribution in [3.8, 4) is 23.2 Å². The summed E-state index contributed by atoms with van der Waals surface area (Å²) in [5, 5.41) is 0. The first-order valence-electron chi connectivity index (χ1n) is 9.18. The molecule has 142 valence electrons. The fourth-order valence-electron chi connectivity index (χ4n) is 2.80. The summed E-state index contributed by atoms with van der Waals surface area (Å²) >= 11 is 0. The van der Waals surface area contributed by atoms with Gasteiger partial charge >= 0.3 is 0 Å². The summed E-state index contributed by atoms with van der Waals surface area (Å²) in [7, 11) is 0. The van der Waals surface area contributed by atoms with Gasteiger partial charge in [-0.3, -0.25) is 0 Å². The molecular formula is C21H22F2N2O2. The van der Waals surface area contributed by atoms with Crippen molar-refractivity contribution in [2.45, 2.75) is 38.9 Å². The summed E-state index contributed by atoms with van der Waals surface area (Å²) in [6.07, 6.45) is 7.29. The van der Waals surface area contributed by atoms with E-state index in [4.69, 9.17) is 9.47 Å². The van der Waals surface area contributed by atoms with Crippen LogP contribution < -0.4 is 0 Å². The van der Waals surface area contributed by atoms with Crippen LogP contribution in [0.2, 0.25) is 0 Å². The van der Waals surface area contributed by atoms with Crippen LogP contribution in [0.5, 0.6) is 0 Å². The molecule has 2 heterocycles. The second-order valence-electron chi connectivity index (χ2n) is 6.55. The van der Waals surface area contributed by atoms with Crippen molar-refractivity contribution in [2.75, 3.05) is 13.2 Å². The zero-order chi connectivity index (χ0) is 19.1. The molecule has 0 atom stereocenters. The van der Waals surface area contributed by atoms with E-state index in [0.717, 1.165) is 18.6 Å². The van der Waals surface area contributed by atoms with Crippen LogP contribution in [-0.4, -0.2) is 29.5 Å². The normalized spacial score (nSPS) is 19.4. The highest BCUT2D eigenvalue weighted by Crippen LogP contribution is 2.18. The molecule has 0 amide bonds. The predicted octanol–water partition coefficient (Wildman–Crippen LogP) is 4.34. The van der Waals surface area contributed by atoms with E-state index in [1.165, 1.54) is 37.7 Å². The number of rotatable bonds is 5. The molecule has 0 bridgehead atoms. The van der Waals surface area contributed by atoms with E-state index in [0.29, 0.717) is 36.1 Å². The summed E-state index contributed by atoms with van der Waals surface area (Å²) in [5.41, 5.74) is 1.00. The van der Waals surface area contributed by atoms with Gasteiger partial charge in [-0.2, -0.15) is 0 Å². The van der Waals surface area contributed by atoms with Gasteiger partial charge in [0.15, 0.2) is 17.5 Å². The lowest BCUT2D eigenvalue weighted by Crippen LogP contribution is -2.31. The van der Waals surface area contributed by atoms with Gasteiger partial charge in [-0.25, -0.2) is 18.7 Å². The maximum absolute atomic E-state index is 13.3. The summed E-state index contributed by atoms with van der Waals surface area (Å²) < 4.78 is 37.6. The first-order chi connectivity index (χ1) is 13.2. The second-order valence-corrected chi connectivity index (χ2v) is 6.55. The second kappa shape index (κ2) is 9.54. The Hall–Kier alpha value is -2.36. The molecule has 6 heteroatoms. The number of halogens is 2. The van der Waals surface area contributed by atoms with E-state index in [1.807, 2.05) is 0 Å². The van der Waals surface area contributed by atoms with Gasteiger partial charge in [0, 0.05) is 23.9 Å². The molecule has 1 saturated heterocycles. The minimum atomic E-state index is -0.931. The first-order valence-corrected chi connectivity index (χ1v) is 9.18. The zero-order valence-corrected chi connectivity index (χ0v) is 15.3. The monoisotopic (exact) mass is 372 g/mol. The summed E-state index contributed by atoms with van der Waals surface area (Å²) in [6, 6.07) is 3.55. The van der Waals surface area contributed by atoms with Crippen LogP contribution in [0.1, 0.15) is 38.2 Å². The van der Waals surface area contributed by atoms with Crippen molar-refractivity contribution in [1.82, 2.24) is 9.97 Å². The molecule has 1 aliphatic heterocycles. The van der Waals surface area contributed by atoms with Crippen molar-refractivity contribution in [3.63, 3.8) is 0 Å². The fourth-order valence-corrected chi connectivity index (χ4v) is 2.80. The third kappa shape index (κ3) is 5.56. The molecule has 0 aliphatic carbocycles. The van der Waals surface area contributed by atoms with Crippen LogP contribution in [0.15, 0.2) is 30.6 Å². The standard InChI is InChI=1S/C21H22F2N2O2/c1-2-3-4-5-16-13-26-20(27-14-16)9-6-15-11-24-21(25-12-15)17-7-8-18(22)19(23)10-17/h7-8,10-12,16,20H,2-5,13-14H2,1H3. The maximum atomic E-state index is 13.3. The van der Waals surface area contributed by atoms with Gasteiger partial charge in [-0.15, -0.1) is 0 Å². The Morgan fingerprint density at radius 2 is 1.81 bits per heavy atom. The Balaban J connectivity index is 1.54. The maximum Gasteiger partial charge on any atom is 0.222 e. The molecule has 1 fully saturated rings. The Morgan fingerprint density at radius 3 is 2.48 bits per heavy atom. The van der Waals surface area contributed by atoms with Gasteiger partial charge in [0.1, 0.15) is 0 Å². The minimum Gasteiger partial charge on any atom is -0.342 e. The molecule has 2 aromatic rings. The number of hydrogen-bond acceptors (Lipinski definition) is 4. The molecule has 27 heavy (non-hydrogen) atoms. The average molecular weight is 372 g/mol. The number of aromatic nitrogens is 2. The lowest BCUT2D eigenvalue weighted by molar-refractivity contribution is -0.170. The molecular weight excluding hydrogens is 350 g/mol. The third-order valence-electron chi connectivity index (χ3n) is 4.35. The van der Waals surface area contributed by atoms with Gasteiger partial charge < -0.3 is 9.47 Å². The van der Waals surface area contributed by atoms with Crippen molar-refractivity contribution in [3.05, 3.63) is 47.8 Å². The number of benzene rings is 1. The lowest BCUT2D eigenvalue weighted by Gasteiger charge is -2.26. The minimum absolute atomic E-state index is 0.305. The highest BCUT2D eigenvalue weighted by atomic mass is 19.2. The quantitative estimate of drug-likeness (QED) is 0.578. The van der Waals surface area contributed by atoms with Crippen LogP contribution in [0.25, 0.3) is 11.4 Å². The van der Waals surface area contributed by atoms with E-state index in [2.05, 4.69) is 28.7 Å². The molecule has 1 aromatic carbocycles. The first kappa shape index (κ1) is 19.4. The van der Waals surface area contributed by atoms with Gasteiger partial charge in [-0.05, 0) is 30.5 Å². The lowest BCUT2D eigenvalue weighted by atomic mass is 10.0. The number of ether oxygens (including phenoxy) is 2. The molecule has 0 N–H and O–H groups in total.